The second-order valence-corrected chi connectivity index (χ2v) is 12.7. The summed E-state index contributed by atoms with van der Waals surface area (Å²) >= 11 is 7.72. The summed E-state index contributed by atoms with van der Waals surface area (Å²) in [5.41, 5.74) is 5.18. The molecule has 4 heterocycles. The molecule has 10 nitrogen and oxygen atoms in total. The number of carboxylic acids is 1. The number of halogens is 1. The monoisotopic (exact) mass is 645 g/mol. The maximum Gasteiger partial charge on any atom is 0.338 e. The van der Waals surface area contributed by atoms with E-state index in [-0.39, 0.29) is 29.3 Å². The van der Waals surface area contributed by atoms with Crippen LogP contribution in [0.4, 0.5) is 0 Å². The molecule has 4 aromatic heterocycles. The molecule has 0 bridgehead atoms. The molecule has 0 amide bonds. The molecule has 6 rings (SSSR count). The Bertz CT molecular complexity index is 2030. The van der Waals surface area contributed by atoms with E-state index in [1.807, 2.05) is 33.0 Å². The molecule has 1 atom stereocenters. The normalized spacial score (nSPS) is 14.6. The molecule has 0 aliphatic heterocycles. The average Bonchev–Trinajstić information content (AvgIpc) is 3.44. The molecule has 1 aromatic carbocycles. The van der Waals surface area contributed by atoms with E-state index in [2.05, 4.69) is 14.9 Å². The van der Waals surface area contributed by atoms with E-state index in [0.717, 1.165) is 45.5 Å². The number of nitrogens with one attached hydrogen (secondary N) is 1. The first-order chi connectivity index (χ1) is 21.6. The fourth-order valence-corrected chi connectivity index (χ4v) is 7.16. The number of carbonyl (C=O) groups is 1. The number of H-pyrrole nitrogens is 1. The molecule has 0 saturated carbocycles. The Balaban J connectivity index is 1.22. The van der Waals surface area contributed by atoms with Crippen molar-refractivity contribution in [1.29, 1.82) is 0 Å². The van der Waals surface area contributed by atoms with Crippen LogP contribution >= 0.6 is 22.9 Å². The second kappa shape index (κ2) is 12.6. The number of hydrogen-bond acceptors (Lipinski definition) is 8. The minimum absolute atomic E-state index is 0.0502. The zero-order chi connectivity index (χ0) is 31.8. The number of benzene rings is 1. The number of hydrogen-bond donors (Lipinski definition) is 2. The van der Waals surface area contributed by atoms with Crippen molar-refractivity contribution in [2.75, 3.05) is 13.7 Å². The molecule has 0 radical (unpaired) electrons. The molecule has 5 aromatic rings. The van der Waals surface area contributed by atoms with Gasteiger partial charge < -0.3 is 14.8 Å². The fraction of sp³-hybridized carbons (Fsp3) is 0.303. The zero-order valence-corrected chi connectivity index (χ0v) is 26.7. The van der Waals surface area contributed by atoms with Gasteiger partial charge in [-0.05, 0) is 70.0 Å². The Hall–Kier alpha value is -4.32. The van der Waals surface area contributed by atoms with Gasteiger partial charge in [0, 0.05) is 57.6 Å². The summed E-state index contributed by atoms with van der Waals surface area (Å²) in [6.45, 7) is 4.84. The maximum atomic E-state index is 13.8. The minimum atomic E-state index is -1.03. The zero-order valence-electron chi connectivity index (χ0n) is 25.1. The van der Waals surface area contributed by atoms with Gasteiger partial charge in [0.1, 0.15) is 18.2 Å². The number of aryl methyl sites for hydroxylation is 3. The molecular weight excluding hydrogens is 614 g/mol. The first-order valence-electron chi connectivity index (χ1n) is 14.6. The smallest absolute Gasteiger partial charge is 0.338 e. The standard InChI is InChI=1S/C33H32ClN5O5S/c1-18-12-24(31-30(36-18)26(17-45-31)33(42)43)23-13-21(34)5-8-28(23)44-11-10-39-19(2)37-27-7-6-22(14-25(27)32(39)41)38(3)16-20-4-9-29(40)35-15-20/h4-5,8-9,12-13,15,17,22H,6-7,10-11,14,16H2,1-3H3,(H,35,40)(H,42,43)/t22-/m1/s1. The van der Waals surface area contributed by atoms with Crippen LogP contribution in [0, 0.1) is 13.8 Å². The number of rotatable bonds is 9. The van der Waals surface area contributed by atoms with Crippen molar-refractivity contribution in [3.8, 4) is 16.9 Å². The Labute approximate surface area is 267 Å². The summed E-state index contributed by atoms with van der Waals surface area (Å²) in [6, 6.07) is 10.7. The fourth-order valence-electron chi connectivity index (χ4n) is 5.98. The molecule has 1 aliphatic rings. The maximum absolute atomic E-state index is 13.8. The quantitative estimate of drug-likeness (QED) is 0.222. The third-order valence-electron chi connectivity index (χ3n) is 8.28. The topological polar surface area (TPSA) is 130 Å². The van der Waals surface area contributed by atoms with E-state index in [0.29, 0.717) is 47.3 Å². The molecule has 232 valence electrons. The van der Waals surface area contributed by atoms with Crippen molar-refractivity contribution in [3.63, 3.8) is 0 Å². The molecule has 0 unspecified atom stereocenters. The van der Waals surface area contributed by atoms with Crippen LogP contribution in [0.5, 0.6) is 5.75 Å². The van der Waals surface area contributed by atoms with Gasteiger partial charge >= 0.3 is 5.97 Å². The predicted molar refractivity (Wildman–Crippen MR) is 175 cm³/mol. The molecule has 0 saturated heterocycles. The van der Waals surface area contributed by atoms with Gasteiger partial charge in [-0.15, -0.1) is 11.3 Å². The molecule has 12 heteroatoms. The van der Waals surface area contributed by atoms with Gasteiger partial charge in [-0.1, -0.05) is 17.7 Å². The van der Waals surface area contributed by atoms with Gasteiger partial charge in [-0.3, -0.25) is 24.0 Å². The Kier molecular flexibility index (Phi) is 8.59. The molecule has 2 N–H and O–H groups in total. The van der Waals surface area contributed by atoms with Crippen LogP contribution in [-0.2, 0) is 25.9 Å². The van der Waals surface area contributed by atoms with Gasteiger partial charge in [0.25, 0.3) is 5.56 Å². The third-order valence-corrected chi connectivity index (χ3v) is 9.52. The Morgan fingerprint density at radius 1 is 1.18 bits per heavy atom. The lowest BCUT2D eigenvalue weighted by Crippen LogP contribution is -2.41. The number of nitrogens with zero attached hydrogens (tertiary/aromatic N) is 4. The first kappa shape index (κ1) is 30.7. The van der Waals surface area contributed by atoms with Crippen molar-refractivity contribution < 1.29 is 14.6 Å². The number of thiophene rings is 1. The van der Waals surface area contributed by atoms with Crippen LogP contribution in [0.1, 0.15) is 45.1 Å². The highest BCUT2D eigenvalue weighted by Crippen LogP contribution is 2.40. The van der Waals surface area contributed by atoms with Crippen LogP contribution in [0.15, 0.2) is 57.6 Å². The van der Waals surface area contributed by atoms with Gasteiger partial charge in [-0.25, -0.2) is 9.78 Å². The number of ether oxygens (including phenoxy) is 1. The van der Waals surface area contributed by atoms with Crippen LogP contribution in [0.2, 0.25) is 5.02 Å². The van der Waals surface area contributed by atoms with Crippen molar-refractivity contribution >= 4 is 39.1 Å². The van der Waals surface area contributed by atoms with Crippen LogP contribution in [-0.4, -0.2) is 55.2 Å². The van der Waals surface area contributed by atoms with E-state index < -0.39 is 5.97 Å². The van der Waals surface area contributed by atoms with Crippen molar-refractivity contribution in [2.24, 2.45) is 0 Å². The van der Waals surface area contributed by atoms with E-state index in [4.69, 9.17) is 21.3 Å². The van der Waals surface area contributed by atoms with E-state index >= 15 is 0 Å². The SMILES string of the molecule is Cc1cc(-c2cc(Cl)ccc2OCCn2c(C)nc3c(c2=O)C[C@H](N(C)Cc2ccc(=O)[nH]c2)CC3)c2scc(C(=O)O)c2n1. The van der Waals surface area contributed by atoms with Gasteiger partial charge in [-0.2, -0.15) is 0 Å². The lowest BCUT2D eigenvalue weighted by Gasteiger charge is -2.32. The van der Waals surface area contributed by atoms with Gasteiger partial charge in [0.05, 0.1) is 28.0 Å². The van der Waals surface area contributed by atoms with Crippen molar-refractivity contribution in [3.05, 3.63) is 108 Å². The highest BCUT2D eigenvalue weighted by molar-refractivity contribution is 7.18. The van der Waals surface area contributed by atoms with Gasteiger partial charge in [0.2, 0.25) is 5.56 Å². The summed E-state index contributed by atoms with van der Waals surface area (Å²) in [5, 5.41) is 11.8. The molecule has 45 heavy (non-hydrogen) atoms. The van der Waals surface area contributed by atoms with Crippen LogP contribution in [0.25, 0.3) is 21.3 Å². The van der Waals surface area contributed by atoms with Crippen molar-refractivity contribution in [1.82, 2.24) is 24.4 Å². The third kappa shape index (κ3) is 6.28. The average molecular weight is 646 g/mol. The van der Waals surface area contributed by atoms with Crippen LogP contribution < -0.4 is 15.9 Å². The lowest BCUT2D eigenvalue weighted by atomic mass is 9.91. The number of carboxylic acid groups (broad SMARTS) is 1. The number of aromatic amines is 1. The largest absolute Gasteiger partial charge is 0.491 e. The van der Waals surface area contributed by atoms with Gasteiger partial charge in [0.15, 0.2) is 0 Å². The summed E-state index contributed by atoms with van der Waals surface area (Å²) in [4.78, 5) is 51.2. The lowest BCUT2D eigenvalue weighted by molar-refractivity contribution is 0.0699. The minimum Gasteiger partial charge on any atom is -0.491 e. The number of likely N-dealkylation sites (N-methyl/N-ethyl adjacent to an activating group) is 1. The second-order valence-electron chi connectivity index (χ2n) is 11.3. The summed E-state index contributed by atoms with van der Waals surface area (Å²) in [6.07, 6.45) is 3.95. The summed E-state index contributed by atoms with van der Waals surface area (Å²) in [7, 11) is 2.04. The number of aromatic nitrogens is 4. The molecule has 0 fully saturated rings. The van der Waals surface area contributed by atoms with E-state index in [1.54, 1.807) is 34.3 Å². The summed E-state index contributed by atoms with van der Waals surface area (Å²) < 4.78 is 8.68. The Morgan fingerprint density at radius 3 is 2.76 bits per heavy atom. The van der Waals surface area contributed by atoms with E-state index in [9.17, 15) is 19.5 Å². The number of fused-ring (bicyclic) bond motifs is 2. The molecule has 1 aliphatic carbocycles. The molecular formula is C33H32ClN5O5S. The highest BCUT2D eigenvalue weighted by Gasteiger charge is 2.27. The van der Waals surface area contributed by atoms with E-state index in [1.165, 1.54) is 17.4 Å². The first-order valence-corrected chi connectivity index (χ1v) is 15.9. The number of pyridine rings is 2. The van der Waals surface area contributed by atoms with Crippen LogP contribution in [0.3, 0.4) is 0 Å². The predicted octanol–water partition coefficient (Wildman–Crippen LogP) is 5.25. The highest BCUT2D eigenvalue weighted by atomic mass is 35.5. The van der Waals surface area contributed by atoms with Crippen molar-refractivity contribution in [2.45, 2.75) is 52.2 Å². The summed E-state index contributed by atoms with van der Waals surface area (Å²) in [5.74, 6) is 0.182. The Morgan fingerprint density at radius 2 is 2.00 bits per heavy atom. The molecule has 0 spiro atoms. The number of aromatic carboxylic acids is 1.